The second-order valence-electron chi connectivity index (χ2n) is 8.27. The highest BCUT2D eigenvalue weighted by Gasteiger charge is 2.35. The van der Waals surface area contributed by atoms with Crippen LogP contribution in [-0.2, 0) is 19.1 Å². The topological polar surface area (TPSA) is 107 Å². The van der Waals surface area contributed by atoms with Crippen LogP contribution in [0.5, 0.6) is 5.75 Å². The van der Waals surface area contributed by atoms with Crippen LogP contribution in [0.15, 0.2) is 42.5 Å². The third-order valence-corrected chi connectivity index (χ3v) is 7.00. The van der Waals surface area contributed by atoms with E-state index in [9.17, 15) is 14.4 Å². The number of carbonyl (C=O) groups excluding carboxylic acids is 3. The van der Waals surface area contributed by atoms with Crippen LogP contribution in [0.25, 0.3) is 10.2 Å². The van der Waals surface area contributed by atoms with Crippen LogP contribution in [0.3, 0.4) is 0 Å². The lowest BCUT2D eigenvalue weighted by molar-refractivity contribution is -0.153. The van der Waals surface area contributed by atoms with E-state index in [-0.39, 0.29) is 23.7 Å². The van der Waals surface area contributed by atoms with Gasteiger partial charge in [0.05, 0.1) is 33.9 Å². The minimum Gasteiger partial charge on any atom is -0.495 e. The third kappa shape index (κ3) is 5.53. The maximum Gasteiger partial charge on any atom is 0.310 e. The molecule has 8 nitrogen and oxygen atoms in total. The van der Waals surface area contributed by atoms with Gasteiger partial charge < -0.3 is 20.1 Å². The Morgan fingerprint density at radius 3 is 2.65 bits per heavy atom. The monoisotopic (exact) mass is 481 g/mol. The van der Waals surface area contributed by atoms with E-state index in [1.54, 1.807) is 29.5 Å². The quantitative estimate of drug-likeness (QED) is 0.473. The van der Waals surface area contributed by atoms with Gasteiger partial charge >= 0.3 is 5.97 Å². The van der Waals surface area contributed by atoms with Gasteiger partial charge in [-0.1, -0.05) is 25.0 Å². The first-order chi connectivity index (χ1) is 16.4. The van der Waals surface area contributed by atoms with Gasteiger partial charge in [0.2, 0.25) is 5.91 Å². The van der Waals surface area contributed by atoms with Gasteiger partial charge in [-0.3, -0.25) is 14.4 Å². The lowest BCUT2D eigenvalue weighted by Crippen LogP contribution is -2.30. The van der Waals surface area contributed by atoms with Gasteiger partial charge in [0.15, 0.2) is 6.61 Å². The minimum atomic E-state index is -0.487. The number of thiazole rings is 1. The first-order valence-corrected chi connectivity index (χ1v) is 12.0. The lowest BCUT2D eigenvalue weighted by atomic mass is 9.79. The first-order valence-electron chi connectivity index (χ1n) is 11.2. The second kappa shape index (κ2) is 10.6. The molecule has 2 unspecified atom stereocenters. The van der Waals surface area contributed by atoms with Crippen molar-refractivity contribution in [3.05, 3.63) is 47.5 Å². The summed E-state index contributed by atoms with van der Waals surface area (Å²) in [7, 11) is 1.48. The van der Waals surface area contributed by atoms with Crippen molar-refractivity contribution in [2.45, 2.75) is 38.5 Å². The number of esters is 1. The number of para-hydroxylation sites is 1. The molecule has 2 atom stereocenters. The molecule has 4 rings (SSSR count). The predicted molar refractivity (Wildman–Crippen MR) is 131 cm³/mol. The smallest absolute Gasteiger partial charge is 0.310 e. The van der Waals surface area contributed by atoms with E-state index in [0.29, 0.717) is 23.5 Å². The molecule has 0 bridgehead atoms. The van der Waals surface area contributed by atoms with Crippen LogP contribution in [0.2, 0.25) is 0 Å². The summed E-state index contributed by atoms with van der Waals surface area (Å²) < 4.78 is 11.8. The van der Waals surface area contributed by atoms with Crippen LogP contribution < -0.4 is 15.4 Å². The van der Waals surface area contributed by atoms with Crippen molar-refractivity contribution in [1.82, 2.24) is 4.98 Å². The Hall–Kier alpha value is -3.46. The number of ether oxygens (including phenoxy) is 2. The van der Waals surface area contributed by atoms with Crippen molar-refractivity contribution < 1.29 is 23.9 Å². The number of anilines is 2. The molecule has 2 N–H and O–H groups in total. The van der Waals surface area contributed by atoms with E-state index in [2.05, 4.69) is 10.6 Å². The lowest BCUT2D eigenvalue weighted by Gasteiger charge is -2.28. The average Bonchev–Trinajstić information content (AvgIpc) is 3.26. The van der Waals surface area contributed by atoms with Crippen molar-refractivity contribution in [2.24, 2.45) is 5.92 Å². The molecule has 2 aromatic carbocycles. The molecule has 0 radical (unpaired) electrons. The summed E-state index contributed by atoms with van der Waals surface area (Å²) >= 11 is 1.62. The van der Waals surface area contributed by atoms with Gasteiger partial charge in [-0.15, -0.1) is 11.3 Å². The number of amides is 2. The van der Waals surface area contributed by atoms with Crippen LogP contribution in [-0.4, -0.2) is 36.5 Å². The van der Waals surface area contributed by atoms with E-state index in [1.807, 2.05) is 24.3 Å². The average molecular weight is 482 g/mol. The number of methoxy groups -OCH3 is 1. The molecule has 3 aromatic rings. The highest BCUT2D eigenvalue weighted by molar-refractivity contribution is 7.18. The van der Waals surface area contributed by atoms with Gasteiger partial charge in [0.1, 0.15) is 5.75 Å². The zero-order valence-corrected chi connectivity index (χ0v) is 19.9. The Morgan fingerprint density at radius 1 is 1.09 bits per heavy atom. The normalized spacial score (nSPS) is 17.7. The summed E-state index contributed by atoms with van der Waals surface area (Å²) in [5.74, 6) is -0.989. The number of aromatic nitrogens is 1. The van der Waals surface area contributed by atoms with Crippen molar-refractivity contribution in [2.75, 3.05) is 24.4 Å². The third-order valence-electron chi connectivity index (χ3n) is 5.84. The standard InChI is InChI=1S/C25H27N3O5S/c1-15(29)26-16-11-12-21(32-2)20(13-16)27-23(30)14-33-25(31)18-8-4-3-7-17(18)24-28-19-9-5-6-10-22(19)34-24/h5-6,9-13,17-18H,3-4,7-8,14H2,1-2H3,(H,26,29)(H,27,30). The Balaban J connectivity index is 1.40. The molecule has 2 amide bonds. The Kier molecular flexibility index (Phi) is 7.42. The molecule has 34 heavy (non-hydrogen) atoms. The zero-order valence-electron chi connectivity index (χ0n) is 19.1. The molecule has 1 aliphatic rings. The minimum absolute atomic E-state index is 0.00357. The van der Waals surface area contributed by atoms with Gasteiger partial charge in [-0.05, 0) is 43.2 Å². The summed E-state index contributed by atoms with van der Waals surface area (Å²) in [4.78, 5) is 41.6. The molecule has 1 aromatic heterocycles. The van der Waals surface area contributed by atoms with Gasteiger partial charge in [0.25, 0.3) is 5.91 Å². The van der Waals surface area contributed by atoms with Crippen LogP contribution in [0.4, 0.5) is 11.4 Å². The van der Waals surface area contributed by atoms with Gasteiger partial charge in [0, 0.05) is 18.5 Å². The number of carbonyl (C=O) groups is 3. The maximum atomic E-state index is 13.0. The molecule has 0 aliphatic heterocycles. The van der Waals surface area contributed by atoms with Crippen molar-refractivity contribution in [1.29, 1.82) is 0 Å². The number of benzene rings is 2. The highest BCUT2D eigenvalue weighted by atomic mass is 32.1. The summed E-state index contributed by atoms with van der Waals surface area (Å²) in [5.41, 5.74) is 1.83. The summed E-state index contributed by atoms with van der Waals surface area (Å²) in [5, 5.41) is 6.30. The van der Waals surface area contributed by atoms with E-state index in [1.165, 1.54) is 14.0 Å². The molecular formula is C25H27N3O5S. The largest absolute Gasteiger partial charge is 0.495 e. The molecular weight excluding hydrogens is 454 g/mol. The van der Waals surface area contributed by atoms with E-state index in [4.69, 9.17) is 14.5 Å². The van der Waals surface area contributed by atoms with Crippen LogP contribution >= 0.6 is 11.3 Å². The highest BCUT2D eigenvalue weighted by Crippen LogP contribution is 2.41. The second-order valence-corrected chi connectivity index (χ2v) is 9.33. The Morgan fingerprint density at radius 2 is 1.88 bits per heavy atom. The SMILES string of the molecule is COc1ccc(NC(C)=O)cc1NC(=O)COC(=O)C1CCCCC1c1nc2ccccc2s1. The van der Waals surface area contributed by atoms with Crippen LogP contribution in [0.1, 0.15) is 43.5 Å². The fraction of sp³-hybridized carbons (Fsp3) is 0.360. The fourth-order valence-corrected chi connectivity index (χ4v) is 5.44. The van der Waals surface area contributed by atoms with E-state index >= 15 is 0 Å². The van der Waals surface area contributed by atoms with Crippen molar-refractivity contribution in [3.8, 4) is 5.75 Å². The number of nitrogens with one attached hydrogen (secondary N) is 2. The molecule has 9 heteroatoms. The summed E-state index contributed by atoms with van der Waals surface area (Å²) in [6.07, 6.45) is 3.57. The molecule has 1 heterocycles. The molecule has 1 saturated carbocycles. The van der Waals surface area contributed by atoms with Gasteiger partial charge in [-0.25, -0.2) is 4.98 Å². The Bertz CT molecular complexity index is 1180. The number of hydrogen-bond acceptors (Lipinski definition) is 7. The van der Waals surface area contributed by atoms with Crippen molar-refractivity contribution in [3.63, 3.8) is 0 Å². The number of rotatable bonds is 7. The van der Waals surface area contributed by atoms with Gasteiger partial charge in [-0.2, -0.15) is 0 Å². The molecule has 178 valence electrons. The Labute approximate surface area is 201 Å². The first kappa shape index (κ1) is 23.7. The summed E-state index contributed by atoms with van der Waals surface area (Å²) in [6.45, 7) is 0.990. The molecule has 0 saturated heterocycles. The van der Waals surface area contributed by atoms with E-state index in [0.717, 1.165) is 34.5 Å². The maximum absolute atomic E-state index is 13.0. The molecule has 0 spiro atoms. The molecule has 1 fully saturated rings. The summed E-state index contributed by atoms with van der Waals surface area (Å²) in [6, 6.07) is 12.8. The molecule has 1 aliphatic carbocycles. The van der Waals surface area contributed by atoms with E-state index < -0.39 is 12.5 Å². The number of nitrogens with zero attached hydrogens (tertiary/aromatic N) is 1. The number of hydrogen-bond donors (Lipinski definition) is 2. The zero-order chi connectivity index (χ0) is 24.1. The number of fused-ring (bicyclic) bond motifs is 1. The van der Waals surface area contributed by atoms with Crippen LogP contribution in [0, 0.1) is 5.92 Å². The van der Waals surface area contributed by atoms with Crippen molar-refractivity contribution >= 4 is 50.7 Å². The fourth-order valence-electron chi connectivity index (χ4n) is 4.27. The predicted octanol–water partition coefficient (Wildman–Crippen LogP) is 4.72.